The smallest absolute Gasteiger partial charge is 0.281 e. The van der Waals surface area contributed by atoms with Crippen LogP contribution < -0.4 is 4.74 Å². The Morgan fingerprint density at radius 2 is 1.82 bits per heavy atom. The molecule has 1 aliphatic heterocycles. The Morgan fingerprint density at radius 3 is 2.36 bits per heavy atom. The van der Waals surface area contributed by atoms with Gasteiger partial charge in [-0.25, -0.2) is 4.98 Å². The van der Waals surface area contributed by atoms with Crippen LogP contribution in [0.15, 0.2) is 29.6 Å². The second-order valence-electron chi connectivity index (χ2n) is 6.65. The van der Waals surface area contributed by atoms with Crippen LogP contribution in [0.5, 0.6) is 5.75 Å². The van der Waals surface area contributed by atoms with Crippen molar-refractivity contribution in [1.29, 1.82) is 0 Å². The Morgan fingerprint density at radius 1 is 1.18 bits per heavy atom. The van der Waals surface area contributed by atoms with Crippen LogP contribution in [0.2, 0.25) is 0 Å². The van der Waals surface area contributed by atoms with Gasteiger partial charge in [-0.1, -0.05) is 0 Å². The third-order valence-corrected chi connectivity index (χ3v) is 7.23. The molecule has 0 spiro atoms. The van der Waals surface area contributed by atoms with Gasteiger partial charge in [-0.15, -0.1) is 11.3 Å². The molecule has 1 fully saturated rings. The maximum absolute atomic E-state index is 12.7. The van der Waals surface area contributed by atoms with Gasteiger partial charge in [0.25, 0.3) is 16.1 Å². The summed E-state index contributed by atoms with van der Waals surface area (Å²) in [6, 6.07) is 6.98. The van der Waals surface area contributed by atoms with E-state index in [4.69, 9.17) is 4.74 Å². The number of carbonyl (C=O) groups excluding carboxylic acids is 1. The second kappa shape index (κ2) is 8.56. The molecule has 8 nitrogen and oxygen atoms in total. The van der Waals surface area contributed by atoms with E-state index in [1.165, 1.54) is 22.7 Å². The maximum Gasteiger partial charge on any atom is 0.281 e. The number of piperazine rings is 1. The number of nitrogens with zero attached hydrogens (tertiary/aromatic N) is 4. The molecule has 0 unspecified atom stereocenters. The number of amides is 1. The van der Waals surface area contributed by atoms with Gasteiger partial charge in [0.1, 0.15) is 12.4 Å². The van der Waals surface area contributed by atoms with Gasteiger partial charge >= 0.3 is 0 Å². The van der Waals surface area contributed by atoms with Gasteiger partial charge in [0.05, 0.1) is 10.7 Å². The lowest BCUT2D eigenvalue weighted by molar-refractivity contribution is 0.0695. The first-order valence-corrected chi connectivity index (χ1v) is 11.2. The van der Waals surface area contributed by atoms with Crippen molar-refractivity contribution in [2.45, 2.75) is 13.5 Å². The Bertz CT molecular complexity index is 917. The highest BCUT2D eigenvalue weighted by Crippen LogP contribution is 2.18. The molecule has 3 rings (SSSR count). The minimum absolute atomic E-state index is 0.108. The zero-order chi connectivity index (χ0) is 20.3. The van der Waals surface area contributed by atoms with Crippen LogP contribution in [0.3, 0.4) is 0 Å². The summed E-state index contributed by atoms with van der Waals surface area (Å²) in [7, 11) is -0.427. The van der Waals surface area contributed by atoms with Crippen molar-refractivity contribution in [3.05, 3.63) is 45.9 Å². The quantitative estimate of drug-likeness (QED) is 0.703. The molecule has 2 aromatic rings. The summed E-state index contributed by atoms with van der Waals surface area (Å²) in [4.78, 5) is 18.7. The molecule has 1 aromatic carbocycles. The predicted molar refractivity (Wildman–Crippen MR) is 108 cm³/mol. The number of ether oxygens (including phenoxy) is 1. The molecule has 0 atom stereocenters. The number of aryl methyl sites for hydroxylation is 1. The molecular formula is C18H24N4O4S2. The van der Waals surface area contributed by atoms with Crippen molar-refractivity contribution < 1.29 is 17.9 Å². The summed E-state index contributed by atoms with van der Waals surface area (Å²) in [5, 5.41) is 2.96. The van der Waals surface area contributed by atoms with E-state index < -0.39 is 10.2 Å². The van der Waals surface area contributed by atoms with Crippen LogP contribution in [0.1, 0.15) is 21.1 Å². The molecule has 1 amide bonds. The number of carbonyl (C=O) groups is 1. The van der Waals surface area contributed by atoms with Crippen LogP contribution in [0.4, 0.5) is 0 Å². The molecule has 28 heavy (non-hydrogen) atoms. The molecule has 0 radical (unpaired) electrons. The van der Waals surface area contributed by atoms with Gasteiger partial charge in [-0.3, -0.25) is 4.79 Å². The molecule has 1 aromatic heterocycles. The zero-order valence-corrected chi connectivity index (χ0v) is 17.8. The SMILES string of the molecule is Cc1nc(COc2ccc(C(=O)N3CCN(S(=O)(=O)N(C)C)CC3)cc2)cs1. The van der Waals surface area contributed by atoms with E-state index in [0.717, 1.165) is 10.7 Å². The Balaban J connectivity index is 1.55. The van der Waals surface area contributed by atoms with Gasteiger partial charge in [-0.2, -0.15) is 17.0 Å². The molecule has 0 bridgehead atoms. The van der Waals surface area contributed by atoms with Crippen molar-refractivity contribution in [2.75, 3.05) is 40.3 Å². The van der Waals surface area contributed by atoms with Crippen LogP contribution in [0, 0.1) is 6.92 Å². The first-order chi connectivity index (χ1) is 13.3. The van der Waals surface area contributed by atoms with Gasteiger partial charge in [0.2, 0.25) is 0 Å². The molecule has 1 saturated heterocycles. The van der Waals surface area contributed by atoms with Gasteiger partial charge in [-0.05, 0) is 31.2 Å². The lowest BCUT2D eigenvalue weighted by Gasteiger charge is -2.35. The fourth-order valence-electron chi connectivity index (χ4n) is 2.86. The average molecular weight is 425 g/mol. The summed E-state index contributed by atoms with van der Waals surface area (Å²) in [5.41, 5.74) is 1.44. The zero-order valence-electron chi connectivity index (χ0n) is 16.2. The Kier molecular flexibility index (Phi) is 6.33. The van der Waals surface area contributed by atoms with Crippen molar-refractivity contribution in [2.24, 2.45) is 0 Å². The van der Waals surface area contributed by atoms with E-state index in [0.29, 0.717) is 44.1 Å². The van der Waals surface area contributed by atoms with Crippen molar-refractivity contribution >= 4 is 27.5 Å². The minimum Gasteiger partial charge on any atom is -0.487 e. The third kappa shape index (κ3) is 4.69. The normalized spacial score (nSPS) is 15.8. The van der Waals surface area contributed by atoms with Gasteiger partial charge in [0.15, 0.2) is 0 Å². The molecular weight excluding hydrogens is 400 g/mol. The highest BCUT2D eigenvalue weighted by Gasteiger charge is 2.30. The number of rotatable bonds is 6. The first-order valence-electron chi connectivity index (χ1n) is 8.88. The lowest BCUT2D eigenvalue weighted by Crippen LogP contribution is -2.53. The summed E-state index contributed by atoms with van der Waals surface area (Å²) >= 11 is 1.58. The number of hydrogen-bond donors (Lipinski definition) is 0. The number of benzene rings is 1. The van der Waals surface area contributed by atoms with E-state index in [9.17, 15) is 13.2 Å². The first kappa shape index (κ1) is 20.7. The summed E-state index contributed by atoms with van der Waals surface area (Å²) < 4.78 is 32.6. The summed E-state index contributed by atoms with van der Waals surface area (Å²) in [6.45, 7) is 3.66. The summed E-state index contributed by atoms with van der Waals surface area (Å²) in [6.07, 6.45) is 0. The average Bonchev–Trinajstić information content (AvgIpc) is 3.11. The Hall–Kier alpha value is -2.01. The van der Waals surface area contributed by atoms with E-state index >= 15 is 0 Å². The largest absolute Gasteiger partial charge is 0.487 e. The predicted octanol–water partition coefficient (Wildman–Crippen LogP) is 1.59. The molecule has 0 N–H and O–H groups in total. The van der Waals surface area contributed by atoms with E-state index in [2.05, 4.69) is 4.98 Å². The van der Waals surface area contributed by atoms with E-state index in [1.807, 2.05) is 12.3 Å². The van der Waals surface area contributed by atoms with Crippen molar-refractivity contribution in [1.82, 2.24) is 18.5 Å². The third-order valence-electron chi connectivity index (χ3n) is 4.47. The van der Waals surface area contributed by atoms with Crippen LogP contribution in [-0.2, 0) is 16.8 Å². The highest BCUT2D eigenvalue weighted by molar-refractivity contribution is 7.86. The van der Waals surface area contributed by atoms with Gasteiger partial charge < -0.3 is 9.64 Å². The molecule has 0 saturated carbocycles. The van der Waals surface area contributed by atoms with E-state index in [-0.39, 0.29) is 5.91 Å². The molecule has 2 heterocycles. The molecule has 0 aliphatic carbocycles. The standard InChI is InChI=1S/C18H24N4O4S2/c1-14-19-16(13-27-14)12-26-17-6-4-15(5-7-17)18(23)21-8-10-22(11-9-21)28(24,25)20(2)3/h4-7,13H,8-12H2,1-3H3. The monoisotopic (exact) mass is 424 g/mol. The fraction of sp³-hybridized carbons (Fsp3) is 0.444. The number of thiazole rings is 1. The molecule has 152 valence electrons. The van der Waals surface area contributed by atoms with Crippen LogP contribution >= 0.6 is 11.3 Å². The summed E-state index contributed by atoms with van der Waals surface area (Å²) in [5.74, 6) is 0.563. The molecule has 10 heteroatoms. The second-order valence-corrected chi connectivity index (χ2v) is 9.86. The Labute approximate surface area is 169 Å². The van der Waals surface area contributed by atoms with Crippen LogP contribution in [-0.4, -0.2) is 73.1 Å². The fourth-order valence-corrected chi connectivity index (χ4v) is 4.54. The topological polar surface area (TPSA) is 83.0 Å². The number of hydrogen-bond acceptors (Lipinski definition) is 6. The molecule has 1 aliphatic rings. The lowest BCUT2D eigenvalue weighted by atomic mass is 10.2. The highest BCUT2D eigenvalue weighted by atomic mass is 32.2. The maximum atomic E-state index is 12.7. The number of aromatic nitrogens is 1. The van der Waals surface area contributed by atoms with Gasteiger partial charge in [0, 0.05) is 51.2 Å². The van der Waals surface area contributed by atoms with Crippen LogP contribution in [0.25, 0.3) is 0 Å². The van der Waals surface area contributed by atoms with Crippen molar-refractivity contribution in [3.8, 4) is 5.75 Å². The van der Waals surface area contributed by atoms with E-state index in [1.54, 1.807) is 40.5 Å². The van der Waals surface area contributed by atoms with Crippen molar-refractivity contribution in [3.63, 3.8) is 0 Å². The minimum atomic E-state index is -3.44.